The van der Waals surface area contributed by atoms with Crippen molar-refractivity contribution in [2.24, 2.45) is 0 Å². The van der Waals surface area contributed by atoms with E-state index in [0.29, 0.717) is 5.39 Å². The third-order valence-corrected chi connectivity index (χ3v) is 8.71. The lowest BCUT2D eigenvalue weighted by atomic mass is 10.1. The van der Waals surface area contributed by atoms with E-state index in [2.05, 4.69) is 13.1 Å². The molecule has 16 nitrogen and oxygen atoms in total. The molecule has 36 heavy (non-hydrogen) atoms. The zero-order chi connectivity index (χ0) is 27.2. The molecule has 0 spiro atoms. The van der Waals surface area contributed by atoms with Crippen LogP contribution in [0.2, 0.25) is 0 Å². The van der Waals surface area contributed by atoms with E-state index in [1.165, 1.54) is 23.2 Å². The molecule has 3 rings (SSSR count). The van der Waals surface area contributed by atoms with E-state index in [4.69, 9.17) is 19.4 Å². The molecule has 1 saturated heterocycles. The van der Waals surface area contributed by atoms with Crippen LogP contribution in [-0.2, 0) is 31.6 Å². The van der Waals surface area contributed by atoms with Gasteiger partial charge in [-0.15, -0.1) is 0 Å². The SMILES string of the molecule is CN(C)c1cc2ccn([C@H]3O[C@@H](COP(=O)(O)OP(=O)(O)OP(=O)(O)O)[C@@H](O)[C@H]3O)c(=O)c2cc1F. The number of rotatable bonds is 9. The average molecular weight is 578 g/mol. The molecule has 1 aromatic heterocycles. The third-order valence-electron chi connectivity index (χ3n) is 4.91. The first kappa shape index (κ1) is 29.0. The molecular weight excluding hydrogens is 556 g/mol. The molecule has 202 valence electrons. The van der Waals surface area contributed by atoms with Gasteiger partial charge < -0.3 is 39.4 Å². The Morgan fingerprint density at radius 2 is 1.69 bits per heavy atom. The van der Waals surface area contributed by atoms with Crippen molar-refractivity contribution in [2.45, 2.75) is 24.5 Å². The topological polar surface area (TPSA) is 235 Å². The molecule has 1 fully saturated rings. The molecule has 20 heteroatoms. The number of pyridine rings is 1. The van der Waals surface area contributed by atoms with Gasteiger partial charge in [-0.05, 0) is 23.6 Å². The third kappa shape index (κ3) is 6.65. The minimum Gasteiger partial charge on any atom is -0.387 e. The van der Waals surface area contributed by atoms with E-state index in [1.54, 1.807) is 14.1 Å². The Morgan fingerprint density at radius 1 is 1.06 bits per heavy atom. The molecule has 6 atom stereocenters. The Morgan fingerprint density at radius 3 is 2.28 bits per heavy atom. The summed E-state index contributed by atoms with van der Waals surface area (Å²) >= 11 is 0. The maximum Gasteiger partial charge on any atom is 0.490 e. The smallest absolute Gasteiger partial charge is 0.387 e. The Labute approximate surface area is 201 Å². The lowest BCUT2D eigenvalue weighted by Gasteiger charge is -2.20. The van der Waals surface area contributed by atoms with Gasteiger partial charge in [0, 0.05) is 20.3 Å². The van der Waals surface area contributed by atoms with Crippen LogP contribution in [0.1, 0.15) is 6.23 Å². The number of halogens is 1. The second-order valence-electron chi connectivity index (χ2n) is 7.75. The first-order valence-corrected chi connectivity index (χ1v) is 14.2. The molecule has 0 amide bonds. The van der Waals surface area contributed by atoms with Crippen molar-refractivity contribution in [3.63, 3.8) is 0 Å². The van der Waals surface area contributed by atoms with Gasteiger partial charge in [-0.1, -0.05) is 0 Å². The Kier molecular flexibility index (Phi) is 8.31. The van der Waals surface area contributed by atoms with E-state index in [0.717, 1.165) is 10.6 Å². The minimum atomic E-state index is -5.76. The fourth-order valence-electron chi connectivity index (χ4n) is 3.38. The summed E-state index contributed by atoms with van der Waals surface area (Å²) in [7, 11) is -13.7. The molecule has 1 aliphatic heterocycles. The fourth-order valence-corrected chi connectivity index (χ4v) is 6.41. The van der Waals surface area contributed by atoms with Gasteiger partial charge in [0.1, 0.15) is 24.1 Å². The number of hydrogen-bond acceptors (Lipinski definition) is 11. The Balaban J connectivity index is 1.78. The van der Waals surface area contributed by atoms with E-state index in [9.17, 15) is 38.0 Å². The van der Waals surface area contributed by atoms with Crippen molar-refractivity contribution in [3.05, 3.63) is 40.6 Å². The van der Waals surface area contributed by atoms with Crippen molar-refractivity contribution in [1.82, 2.24) is 4.57 Å². The summed E-state index contributed by atoms with van der Waals surface area (Å²) in [6.45, 7) is -1.05. The Hall–Kier alpha value is -1.55. The van der Waals surface area contributed by atoms with Crippen molar-refractivity contribution in [2.75, 3.05) is 25.6 Å². The summed E-state index contributed by atoms with van der Waals surface area (Å²) in [4.78, 5) is 50.2. The van der Waals surface area contributed by atoms with Crippen molar-refractivity contribution in [1.29, 1.82) is 0 Å². The van der Waals surface area contributed by atoms with Crippen molar-refractivity contribution < 1.29 is 65.8 Å². The summed E-state index contributed by atoms with van der Waals surface area (Å²) in [6, 6.07) is 3.86. The van der Waals surface area contributed by atoms with Gasteiger partial charge in [-0.25, -0.2) is 18.1 Å². The number of phosphoric ester groups is 1. The largest absolute Gasteiger partial charge is 0.490 e. The first-order chi connectivity index (χ1) is 16.4. The normalized spacial score (nSPS) is 26.0. The summed E-state index contributed by atoms with van der Waals surface area (Å²) in [5.41, 5.74) is -0.569. The number of aliphatic hydroxyl groups excluding tert-OH is 2. The van der Waals surface area contributed by atoms with Crippen LogP contribution >= 0.6 is 23.5 Å². The lowest BCUT2D eigenvalue weighted by Crippen LogP contribution is -2.35. The van der Waals surface area contributed by atoms with E-state index >= 15 is 0 Å². The first-order valence-electron chi connectivity index (χ1n) is 9.72. The number of phosphoric acid groups is 3. The molecule has 2 aromatic rings. The quantitative estimate of drug-likeness (QED) is 0.218. The molecule has 0 saturated carbocycles. The van der Waals surface area contributed by atoms with Crippen LogP contribution in [0.3, 0.4) is 0 Å². The maximum absolute atomic E-state index is 14.4. The van der Waals surface area contributed by atoms with Crippen molar-refractivity contribution in [3.8, 4) is 0 Å². The van der Waals surface area contributed by atoms with Gasteiger partial charge >= 0.3 is 23.5 Å². The highest BCUT2D eigenvalue weighted by Gasteiger charge is 2.46. The van der Waals surface area contributed by atoms with Crippen LogP contribution in [-0.4, -0.2) is 73.4 Å². The van der Waals surface area contributed by atoms with Crippen LogP contribution in [0.25, 0.3) is 10.8 Å². The van der Waals surface area contributed by atoms with E-state index < -0.39 is 66.0 Å². The summed E-state index contributed by atoms with van der Waals surface area (Å²) in [6.07, 6.45) is -5.51. The number of hydrogen-bond donors (Lipinski definition) is 6. The fraction of sp³-hybridized carbons (Fsp3) is 0.438. The van der Waals surface area contributed by atoms with E-state index in [1.807, 2.05) is 0 Å². The zero-order valence-corrected chi connectivity index (χ0v) is 21.1. The number of aromatic nitrogens is 1. The number of anilines is 1. The predicted octanol–water partition coefficient (Wildman–Crippen LogP) is 0.169. The number of aliphatic hydroxyl groups is 2. The van der Waals surface area contributed by atoms with Crippen LogP contribution < -0.4 is 10.5 Å². The molecule has 2 unspecified atom stereocenters. The van der Waals surface area contributed by atoms with Crippen molar-refractivity contribution >= 4 is 39.9 Å². The molecule has 0 radical (unpaired) electrons. The molecule has 1 aliphatic rings. The van der Waals surface area contributed by atoms with Gasteiger partial charge in [-0.3, -0.25) is 13.9 Å². The molecule has 1 aromatic carbocycles. The number of benzene rings is 1. The lowest BCUT2D eigenvalue weighted by molar-refractivity contribution is -0.0533. The van der Waals surface area contributed by atoms with Gasteiger partial charge in [0.15, 0.2) is 6.23 Å². The zero-order valence-electron chi connectivity index (χ0n) is 18.4. The van der Waals surface area contributed by atoms with Gasteiger partial charge in [-0.2, -0.15) is 8.62 Å². The second-order valence-corrected chi connectivity index (χ2v) is 12.2. The van der Waals surface area contributed by atoms with Gasteiger partial charge in [0.05, 0.1) is 17.7 Å². The maximum atomic E-state index is 14.4. The van der Waals surface area contributed by atoms with Gasteiger partial charge in [0.25, 0.3) is 5.56 Å². The van der Waals surface area contributed by atoms with Gasteiger partial charge in [0.2, 0.25) is 0 Å². The predicted molar refractivity (Wildman–Crippen MR) is 118 cm³/mol. The molecule has 6 N–H and O–H groups in total. The summed E-state index contributed by atoms with van der Waals surface area (Å²) < 4.78 is 66.1. The minimum absolute atomic E-state index is 0.0670. The molecule has 0 aliphatic carbocycles. The van der Waals surface area contributed by atoms with Crippen LogP contribution in [0.4, 0.5) is 10.1 Å². The summed E-state index contributed by atoms with van der Waals surface area (Å²) in [5.74, 6) is -0.691. The number of fused-ring (bicyclic) bond motifs is 1. The highest BCUT2D eigenvalue weighted by atomic mass is 31.3. The van der Waals surface area contributed by atoms with E-state index in [-0.39, 0.29) is 11.1 Å². The molecule has 2 heterocycles. The van der Waals surface area contributed by atoms with Crippen LogP contribution in [0.5, 0.6) is 0 Å². The highest BCUT2D eigenvalue weighted by molar-refractivity contribution is 7.66. The monoisotopic (exact) mass is 578 g/mol. The van der Waals surface area contributed by atoms with Crippen LogP contribution in [0, 0.1) is 5.82 Å². The molecular formula is C16H22FN2O14P3. The summed E-state index contributed by atoms with van der Waals surface area (Å²) in [5, 5.41) is 20.9. The average Bonchev–Trinajstić information content (AvgIpc) is 2.98. The molecule has 0 bridgehead atoms. The number of ether oxygens (including phenoxy) is 1. The number of nitrogens with zero attached hydrogens (tertiary/aromatic N) is 2. The standard InChI is InChI=1S/C16H22FN2O14P3/c1-18(2)11-5-8-3-4-19(15(22)9(8)6-10(11)17)16-14(21)13(20)12(31-16)7-30-35(26,27)33-36(28,29)32-34(23,24)25/h3-6,12-14,16,20-21H,7H2,1-2H3,(H,26,27)(H,28,29)(H2,23,24,25)/t12-,13+,14+,16-/m0/s1. The Bertz CT molecular complexity index is 1350. The highest BCUT2D eigenvalue weighted by Crippen LogP contribution is 2.66. The van der Waals surface area contributed by atoms with Crippen LogP contribution in [0.15, 0.2) is 29.2 Å². The second kappa shape index (κ2) is 10.3.